The van der Waals surface area contributed by atoms with E-state index in [4.69, 9.17) is 15.6 Å². The topological polar surface area (TPSA) is 122 Å². The van der Waals surface area contributed by atoms with Gasteiger partial charge in [-0.15, -0.1) is 0 Å². The Balaban J connectivity index is 2.64. The number of ether oxygens (including phenoxy) is 1. The number of hydrogen-bond acceptors (Lipinski definition) is 4. The largest absolute Gasteiger partial charge is 0.481 e. The molecular weight excluding hydrogens is 266 g/mol. The molecule has 0 aliphatic carbocycles. The van der Waals surface area contributed by atoms with Crippen LogP contribution in [0.3, 0.4) is 0 Å². The van der Waals surface area contributed by atoms with Gasteiger partial charge in [-0.3, -0.25) is 9.59 Å². The molecule has 0 saturated carbocycles. The normalized spacial score (nSPS) is 21.4. The predicted molar refractivity (Wildman–Crippen MR) is 69.9 cm³/mol. The van der Waals surface area contributed by atoms with Crippen LogP contribution in [-0.2, 0) is 14.3 Å². The van der Waals surface area contributed by atoms with Gasteiger partial charge in [-0.1, -0.05) is 6.92 Å². The fourth-order valence-corrected chi connectivity index (χ4v) is 2.14. The molecule has 0 aromatic rings. The second-order valence-electron chi connectivity index (χ2n) is 4.69. The number of carboxylic acids is 1. The maximum absolute atomic E-state index is 12.1. The van der Waals surface area contributed by atoms with Crippen LogP contribution in [0.2, 0.25) is 0 Å². The highest BCUT2D eigenvalue weighted by Gasteiger charge is 2.39. The third-order valence-electron chi connectivity index (χ3n) is 3.14. The monoisotopic (exact) mass is 287 g/mol. The third-order valence-corrected chi connectivity index (χ3v) is 3.14. The van der Waals surface area contributed by atoms with E-state index in [0.29, 0.717) is 13.0 Å². The Bertz CT molecular complexity index is 374. The van der Waals surface area contributed by atoms with Gasteiger partial charge in [0.25, 0.3) is 0 Å². The summed E-state index contributed by atoms with van der Waals surface area (Å²) in [5.41, 5.74) is 5.00. The summed E-state index contributed by atoms with van der Waals surface area (Å²) in [6.07, 6.45) is 0.751. The summed E-state index contributed by atoms with van der Waals surface area (Å²) in [6, 6.07) is -0.879. The van der Waals surface area contributed by atoms with E-state index in [9.17, 15) is 14.4 Å². The van der Waals surface area contributed by atoms with Crippen molar-refractivity contribution >= 4 is 17.9 Å². The van der Waals surface area contributed by atoms with Gasteiger partial charge in [0.1, 0.15) is 5.92 Å². The molecule has 8 nitrogen and oxygen atoms in total. The molecule has 8 heteroatoms. The molecule has 1 aliphatic heterocycles. The average Bonchev–Trinajstić information content (AvgIpc) is 2.84. The summed E-state index contributed by atoms with van der Waals surface area (Å²) in [5, 5.41) is 11.7. The zero-order chi connectivity index (χ0) is 15.1. The molecule has 0 aromatic carbocycles. The summed E-state index contributed by atoms with van der Waals surface area (Å²) in [6.45, 7) is 2.78. The Morgan fingerprint density at radius 3 is 2.65 bits per heavy atom. The first-order valence-electron chi connectivity index (χ1n) is 6.60. The van der Waals surface area contributed by atoms with Crippen molar-refractivity contribution in [3.05, 3.63) is 0 Å². The number of urea groups is 1. The Hall–Kier alpha value is -1.83. The average molecular weight is 287 g/mol. The number of nitrogens with two attached hydrogens (primary N) is 1. The number of amides is 3. The van der Waals surface area contributed by atoms with E-state index in [1.54, 1.807) is 0 Å². The predicted octanol–water partition coefficient (Wildman–Crippen LogP) is -0.617. The SMILES string of the molecule is CCCN(C(=O)NCCC(N)=O)C1COCC1C(=O)O. The number of aliphatic carboxylic acids is 1. The Morgan fingerprint density at radius 1 is 1.40 bits per heavy atom. The smallest absolute Gasteiger partial charge is 0.317 e. The Labute approximate surface area is 117 Å². The Kier molecular flexibility index (Phi) is 6.23. The second-order valence-corrected chi connectivity index (χ2v) is 4.69. The number of rotatable bonds is 7. The number of carbonyl (C=O) groups excluding carboxylic acids is 2. The number of carboxylic acid groups (broad SMARTS) is 1. The molecule has 0 spiro atoms. The minimum atomic E-state index is -0.974. The van der Waals surface area contributed by atoms with Crippen LogP contribution in [0.5, 0.6) is 0 Å². The number of nitrogens with one attached hydrogen (secondary N) is 1. The van der Waals surface area contributed by atoms with Crippen molar-refractivity contribution in [3.8, 4) is 0 Å². The van der Waals surface area contributed by atoms with Crippen LogP contribution in [0.4, 0.5) is 4.79 Å². The molecule has 1 fully saturated rings. The van der Waals surface area contributed by atoms with Crippen molar-refractivity contribution in [2.75, 3.05) is 26.3 Å². The standard InChI is InChI=1S/C12H21N3O5/c1-2-5-15(12(19)14-4-3-10(13)16)9-7-20-6-8(9)11(17)18/h8-9H,2-7H2,1H3,(H2,13,16)(H,14,19)(H,17,18). The third kappa shape index (κ3) is 4.37. The van der Waals surface area contributed by atoms with Gasteiger partial charge in [-0.05, 0) is 6.42 Å². The highest BCUT2D eigenvalue weighted by Crippen LogP contribution is 2.20. The van der Waals surface area contributed by atoms with Crippen molar-refractivity contribution in [1.29, 1.82) is 0 Å². The number of carbonyl (C=O) groups is 3. The van der Waals surface area contributed by atoms with Crippen LogP contribution in [0.15, 0.2) is 0 Å². The van der Waals surface area contributed by atoms with E-state index >= 15 is 0 Å². The second kappa shape index (κ2) is 7.68. The first-order chi connectivity index (χ1) is 9.47. The molecule has 4 N–H and O–H groups in total. The fraction of sp³-hybridized carbons (Fsp3) is 0.750. The minimum Gasteiger partial charge on any atom is -0.481 e. The molecule has 2 unspecified atom stereocenters. The number of nitrogens with zero attached hydrogens (tertiary/aromatic N) is 1. The zero-order valence-corrected chi connectivity index (χ0v) is 11.5. The van der Waals surface area contributed by atoms with Gasteiger partial charge < -0.3 is 25.8 Å². The van der Waals surface area contributed by atoms with Gasteiger partial charge in [0, 0.05) is 19.5 Å². The Morgan fingerprint density at radius 2 is 2.10 bits per heavy atom. The van der Waals surface area contributed by atoms with Gasteiger partial charge in [-0.25, -0.2) is 4.79 Å². The minimum absolute atomic E-state index is 0.0508. The van der Waals surface area contributed by atoms with Crippen LogP contribution in [0.25, 0.3) is 0 Å². The fourth-order valence-electron chi connectivity index (χ4n) is 2.14. The molecular formula is C12H21N3O5. The van der Waals surface area contributed by atoms with Gasteiger partial charge in [0.15, 0.2) is 0 Å². The van der Waals surface area contributed by atoms with Crippen LogP contribution >= 0.6 is 0 Å². The van der Waals surface area contributed by atoms with E-state index in [2.05, 4.69) is 5.32 Å². The lowest BCUT2D eigenvalue weighted by Crippen LogP contribution is -2.51. The van der Waals surface area contributed by atoms with Crippen molar-refractivity contribution in [1.82, 2.24) is 10.2 Å². The summed E-state index contributed by atoms with van der Waals surface area (Å²) in [5.74, 6) is -2.19. The molecule has 3 amide bonds. The maximum atomic E-state index is 12.1. The lowest BCUT2D eigenvalue weighted by molar-refractivity contribution is -0.142. The zero-order valence-electron chi connectivity index (χ0n) is 11.5. The molecule has 0 aromatic heterocycles. The molecule has 1 rings (SSSR count). The maximum Gasteiger partial charge on any atom is 0.317 e. The van der Waals surface area contributed by atoms with Crippen molar-refractivity contribution < 1.29 is 24.2 Å². The lowest BCUT2D eigenvalue weighted by atomic mass is 10.0. The molecule has 1 heterocycles. The molecule has 0 bridgehead atoms. The van der Waals surface area contributed by atoms with Crippen LogP contribution in [-0.4, -0.2) is 60.3 Å². The molecule has 114 valence electrons. The van der Waals surface area contributed by atoms with Crippen LogP contribution < -0.4 is 11.1 Å². The molecule has 1 aliphatic rings. The summed E-state index contributed by atoms with van der Waals surface area (Å²) >= 11 is 0. The highest BCUT2D eigenvalue weighted by molar-refractivity contribution is 5.78. The summed E-state index contributed by atoms with van der Waals surface area (Å²) in [4.78, 5) is 35.3. The van der Waals surface area contributed by atoms with Crippen molar-refractivity contribution in [3.63, 3.8) is 0 Å². The first kappa shape index (κ1) is 16.2. The summed E-state index contributed by atoms with van der Waals surface area (Å²) in [7, 11) is 0. The van der Waals surface area contributed by atoms with Gasteiger partial charge in [0.2, 0.25) is 5.91 Å². The highest BCUT2D eigenvalue weighted by atomic mass is 16.5. The molecule has 0 radical (unpaired) electrons. The van der Waals surface area contributed by atoms with Crippen molar-refractivity contribution in [2.45, 2.75) is 25.8 Å². The lowest BCUT2D eigenvalue weighted by Gasteiger charge is -2.30. The van der Waals surface area contributed by atoms with Gasteiger partial charge >= 0.3 is 12.0 Å². The first-order valence-corrected chi connectivity index (χ1v) is 6.60. The molecule has 2 atom stereocenters. The van der Waals surface area contributed by atoms with E-state index in [0.717, 1.165) is 0 Å². The van der Waals surface area contributed by atoms with E-state index < -0.39 is 29.9 Å². The van der Waals surface area contributed by atoms with E-state index in [-0.39, 0.29) is 26.2 Å². The van der Waals surface area contributed by atoms with Gasteiger partial charge in [0.05, 0.1) is 19.3 Å². The number of primary amides is 1. The van der Waals surface area contributed by atoms with E-state index in [1.807, 2.05) is 6.92 Å². The van der Waals surface area contributed by atoms with E-state index in [1.165, 1.54) is 4.90 Å². The summed E-state index contributed by atoms with van der Waals surface area (Å²) < 4.78 is 5.17. The van der Waals surface area contributed by atoms with Crippen LogP contribution in [0, 0.1) is 5.92 Å². The molecule has 1 saturated heterocycles. The molecule has 20 heavy (non-hydrogen) atoms. The van der Waals surface area contributed by atoms with Crippen LogP contribution in [0.1, 0.15) is 19.8 Å². The quantitative estimate of drug-likeness (QED) is 0.576. The van der Waals surface area contributed by atoms with Gasteiger partial charge in [-0.2, -0.15) is 0 Å². The van der Waals surface area contributed by atoms with Crippen molar-refractivity contribution in [2.24, 2.45) is 11.7 Å². The number of hydrogen-bond donors (Lipinski definition) is 3.